The summed E-state index contributed by atoms with van der Waals surface area (Å²) in [6, 6.07) is 10.3. The second kappa shape index (κ2) is 2.98. The lowest BCUT2D eigenvalue weighted by molar-refractivity contribution is 1.41. The maximum atomic E-state index is 5.77. The third-order valence-corrected chi connectivity index (χ3v) is 2.11. The van der Waals surface area contributed by atoms with Gasteiger partial charge < -0.3 is 10.7 Å². The molecule has 2 nitrogen and oxygen atoms in total. The zero-order chi connectivity index (χ0) is 9.26. The van der Waals surface area contributed by atoms with E-state index in [2.05, 4.69) is 30.1 Å². The number of nitrogens with one attached hydrogen (secondary N) is 1. The first-order chi connectivity index (χ1) is 6.27. The van der Waals surface area contributed by atoms with E-state index < -0.39 is 0 Å². The zero-order valence-corrected chi connectivity index (χ0v) is 7.54. The Balaban J connectivity index is 2.53. The molecular weight excluding hydrogens is 160 g/mol. The molecule has 0 aliphatic rings. The zero-order valence-electron chi connectivity index (χ0n) is 7.54. The van der Waals surface area contributed by atoms with E-state index in [-0.39, 0.29) is 0 Å². The summed E-state index contributed by atoms with van der Waals surface area (Å²) in [7, 11) is 0. The van der Waals surface area contributed by atoms with Gasteiger partial charge in [-0.2, -0.15) is 0 Å². The van der Waals surface area contributed by atoms with Gasteiger partial charge in [-0.1, -0.05) is 29.8 Å². The molecule has 0 aliphatic carbocycles. The summed E-state index contributed by atoms with van der Waals surface area (Å²) in [5, 5.41) is 0. The second-order valence-electron chi connectivity index (χ2n) is 3.17. The van der Waals surface area contributed by atoms with Crippen LogP contribution in [0.4, 0.5) is 5.82 Å². The van der Waals surface area contributed by atoms with E-state index >= 15 is 0 Å². The summed E-state index contributed by atoms with van der Waals surface area (Å²) in [4.78, 5) is 2.96. The number of rotatable bonds is 1. The Bertz CT molecular complexity index is 416. The molecule has 3 N–H and O–H groups in total. The molecule has 0 fully saturated rings. The molecule has 0 bridgehead atoms. The molecule has 0 saturated heterocycles. The topological polar surface area (TPSA) is 41.8 Å². The molecule has 2 aromatic rings. The highest BCUT2D eigenvalue weighted by atomic mass is 14.8. The largest absolute Gasteiger partial charge is 0.385 e. The quantitative estimate of drug-likeness (QED) is 0.682. The fraction of sp³-hybridized carbons (Fsp3) is 0.0909. The molecule has 13 heavy (non-hydrogen) atoms. The van der Waals surface area contributed by atoms with Crippen molar-refractivity contribution in [3.05, 3.63) is 42.1 Å². The van der Waals surface area contributed by atoms with E-state index in [1.54, 1.807) is 0 Å². The molecule has 0 radical (unpaired) electrons. The molecule has 2 rings (SSSR count). The summed E-state index contributed by atoms with van der Waals surface area (Å²) >= 11 is 0. The van der Waals surface area contributed by atoms with Crippen molar-refractivity contribution in [3.8, 4) is 11.1 Å². The number of nitrogens with two attached hydrogens (primary N) is 1. The first-order valence-corrected chi connectivity index (χ1v) is 4.27. The molecule has 66 valence electrons. The van der Waals surface area contributed by atoms with Crippen LogP contribution in [-0.2, 0) is 0 Å². The third kappa shape index (κ3) is 1.43. The van der Waals surface area contributed by atoms with E-state index in [1.807, 2.05) is 18.3 Å². The predicted molar refractivity (Wildman–Crippen MR) is 55.4 cm³/mol. The number of hydrogen-bond acceptors (Lipinski definition) is 1. The van der Waals surface area contributed by atoms with Gasteiger partial charge in [0.2, 0.25) is 0 Å². The predicted octanol–water partition coefficient (Wildman–Crippen LogP) is 2.57. The number of anilines is 1. The SMILES string of the molecule is Cc1cccc(-c2cc[nH]c2N)c1. The lowest BCUT2D eigenvalue weighted by atomic mass is 10.1. The van der Waals surface area contributed by atoms with Gasteiger partial charge in [0.1, 0.15) is 5.82 Å². The van der Waals surface area contributed by atoms with Gasteiger partial charge in [0.25, 0.3) is 0 Å². The molecule has 0 amide bonds. The summed E-state index contributed by atoms with van der Waals surface area (Å²) in [6.07, 6.45) is 1.85. The first-order valence-electron chi connectivity index (χ1n) is 4.27. The number of aryl methyl sites for hydroxylation is 1. The lowest BCUT2D eigenvalue weighted by Gasteiger charge is -2.00. The van der Waals surface area contributed by atoms with Crippen molar-refractivity contribution in [2.45, 2.75) is 6.92 Å². The van der Waals surface area contributed by atoms with Gasteiger partial charge in [-0.3, -0.25) is 0 Å². The minimum atomic E-state index is 0.727. The van der Waals surface area contributed by atoms with Crippen molar-refractivity contribution in [1.82, 2.24) is 4.98 Å². The number of aromatic amines is 1. The Hall–Kier alpha value is -1.70. The molecule has 0 saturated carbocycles. The Morgan fingerprint density at radius 3 is 2.69 bits per heavy atom. The highest BCUT2D eigenvalue weighted by Gasteiger charge is 2.01. The van der Waals surface area contributed by atoms with Gasteiger partial charge in [0, 0.05) is 11.8 Å². The minimum absolute atomic E-state index is 0.727. The summed E-state index contributed by atoms with van der Waals surface area (Å²) < 4.78 is 0. The van der Waals surface area contributed by atoms with Crippen LogP contribution >= 0.6 is 0 Å². The van der Waals surface area contributed by atoms with E-state index in [0.29, 0.717) is 0 Å². The second-order valence-corrected chi connectivity index (χ2v) is 3.17. The van der Waals surface area contributed by atoms with Crippen LogP contribution in [0.5, 0.6) is 0 Å². The highest BCUT2D eigenvalue weighted by Crippen LogP contribution is 2.24. The van der Waals surface area contributed by atoms with Crippen LogP contribution in [0.1, 0.15) is 5.56 Å². The number of hydrogen-bond donors (Lipinski definition) is 2. The van der Waals surface area contributed by atoms with Gasteiger partial charge >= 0.3 is 0 Å². The van der Waals surface area contributed by atoms with Gasteiger partial charge in [-0.25, -0.2) is 0 Å². The standard InChI is InChI=1S/C11H12N2/c1-8-3-2-4-9(7-8)10-5-6-13-11(10)12/h2-7,13H,12H2,1H3. The number of nitrogen functional groups attached to an aromatic ring is 1. The van der Waals surface area contributed by atoms with Crippen LogP contribution in [0.2, 0.25) is 0 Å². The molecule has 1 aromatic carbocycles. The molecule has 0 aliphatic heterocycles. The Labute approximate surface area is 77.4 Å². The Kier molecular flexibility index (Phi) is 1.81. The molecule has 1 heterocycles. The summed E-state index contributed by atoms with van der Waals surface area (Å²) in [6.45, 7) is 2.08. The lowest BCUT2D eigenvalue weighted by Crippen LogP contribution is -1.87. The summed E-state index contributed by atoms with van der Waals surface area (Å²) in [5.41, 5.74) is 9.25. The summed E-state index contributed by atoms with van der Waals surface area (Å²) in [5.74, 6) is 0.727. The van der Waals surface area contributed by atoms with E-state index in [9.17, 15) is 0 Å². The molecular formula is C11H12N2. The van der Waals surface area contributed by atoms with Crippen LogP contribution in [-0.4, -0.2) is 4.98 Å². The molecule has 1 aromatic heterocycles. The van der Waals surface area contributed by atoms with Gasteiger partial charge in [-0.15, -0.1) is 0 Å². The van der Waals surface area contributed by atoms with Crippen molar-refractivity contribution in [1.29, 1.82) is 0 Å². The fourth-order valence-corrected chi connectivity index (χ4v) is 1.45. The Morgan fingerprint density at radius 1 is 1.23 bits per heavy atom. The highest BCUT2D eigenvalue weighted by molar-refractivity contribution is 5.74. The van der Waals surface area contributed by atoms with Crippen molar-refractivity contribution < 1.29 is 0 Å². The van der Waals surface area contributed by atoms with Crippen molar-refractivity contribution in [2.24, 2.45) is 0 Å². The number of H-pyrrole nitrogens is 1. The molecule has 2 heteroatoms. The van der Waals surface area contributed by atoms with Crippen molar-refractivity contribution >= 4 is 5.82 Å². The molecule has 0 unspecified atom stereocenters. The van der Waals surface area contributed by atoms with Crippen LogP contribution in [0.3, 0.4) is 0 Å². The number of benzene rings is 1. The monoisotopic (exact) mass is 172 g/mol. The third-order valence-electron chi connectivity index (χ3n) is 2.11. The average molecular weight is 172 g/mol. The van der Waals surface area contributed by atoms with E-state index in [4.69, 9.17) is 5.73 Å². The molecule has 0 atom stereocenters. The minimum Gasteiger partial charge on any atom is -0.385 e. The van der Waals surface area contributed by atoms with Crippen LogP contribution in [0.25, 0.3) is 11.1 Å². The Morgan fingerprint density at radius 2 is 2.08 bits per heavy atom. The van der Waals surface area contributed by atoms with Crippen LogP contribution < -0.4 is 5.73 Å². The van der Waals surface area contributed by atoms with Crippen LogP contribution in [0, 0.1) is 6.92 Å². The maximum Gasteiger partial charge on any atom is 0.108 e. The fourth-order valence-electron chi connectivity index (χ4n) is 1.45. The number of aromatic nitrogens is 1. The average Bonchev–Trinajstić information content (AvgIpc) is 2.51. The normalized spacial score (nSPS) is 10.2. The van der Waals surface area contributed by atoms with Crippen LogP contribution in [0.15, 0.2) is 36.5 Å². The smallest absolute Gasteiger partial charge is 0.108 e. The van der Waals surface area contributed by atoms with Crippen molar-refractivity contribution in [2.75, 3.05) is 5.73 Å². The van der Waals surface area contributed by atoms with Crippen molar-refractivity contribution in [3.63, 3.8) is 0 Å². The maximum absolute atomic E-state index is 5.77. The van der Waals surface area contributed by atoms with Gasteiger partial charge in [0.05, 0.1) is 0 Å². The first kappa shape index (κ1) is 7.92. The van der Waals surface area contributed by atoms with Gasteiger partial charge in [-0.05, 0) is 18.6 Å². The van der Waals surface area contributed by atoms with Gasteiger partial charge in [0.15, 0.2) is 0 Å². The van der Waals surface area contributed by atoms with E-state index in [0.717, 1.165) is 11.4 Å². The van der Waals surface area contributed by atoms with E-state index in [1.165, 1.54) is 11.1 Å². The molecule has 0 spiro atoms.